The SMILES string of the molecule is O=[N+]([O-])[O-].O=[N+]([O-])[O-].[Cu+2].c1ccc(-c2ccccn2)nc1. The van der Waals surface area contributed by atoms with Gasteiger partial charge in [-0.05, 0) is 24.3 Å². The molecule has 0 saturated carbocycles. The Balaban J connectivity index is 0. The average Bonchev–Trinajstić information content (AvgIpc) is 2.39. The van der Waals surface area contributed by atoms with E-state index in [1.54, 1.807) is 12.4 Å². The van der Waals surface area contributed by atoms with Gasteiger partial charge in [-0.2, -0.15) is 0 Å². The third kappa shape index (κ3) is 13.5. The maximum absolute atomic E-state index is 8.25. The van der Waals surface area contributed by atoms with Crippen molar-refractivity contribution in [3.05, 3.63) is 79.4 Å². The van der Waals surface area contributed by atoms with Crippen LogP contribution in [-0.4, -0.2) is 20.1 Å². The molecule has 0 aliphatic heterocycles. The molecule has 0 spiro atoms. The summed E-state index contributed by atoms with van der Waals surface area (Å²) >= 11 is 0. The fraction of sp³-hybridized carbons (Fsp3) is 0. The summed E-state index contributed by atoms with van der Waals surface area (Å²) in [4.78, 5) is 24.9. The van der Waals surface area contributed by atoms with Crippen LogP contribution in [0.2, 0.25) is 0 Å². The third-order valence-corrected chi connectivity index (χ3v) is 1.59. The molecule has 2 rings (SSSR count). The quantitative estimate of drug-likeness (QED) is 0.429. The monoisotopic (exact) mass is 343 g/mol. The minimum Gasteiger partial charge on any atom is -0.356 e. The number of hydrogen-bond acceptors (Lipinski definition) is 8. The predicted molar refractivity (Wildman–Crippen MR) is 68.2 cm³/mol. The second-order valence-corrected chi connectivity index (χ2v) is 2.88. The smallest absolute Gasteiger partial charge is 0.356 e. The first-order chi connectivity index (χ1) is 9.43. The van der Waals surface area contributed by atoms with Crippen molar-refractivity contribution in [2.24, 2.45) is 0 Å². The van der Waals surface area contributed by atoms with E-state index in [9.17, 15) is 0 Å². The molecule has 0 atom stereocenters. The Morgan fingerprint density at radius 2 is 1.00 bits per heavy atom. The molecule has 0 amide bonds. The molecule has 0 saturated heterocycles. The normalized spacial score (nSPS) is 7.81. The zero-order valence-electron chi connectivity index (χ0n) is 10.2. The molecule has 0 aliphatic rings. The summed E-state index contributed by atoms with van der Waals surface area (Å²) in [6, 6.07) is 11.6. The summed E-state index contributed by atoms with van der Waals surface area (Å²) in [6.45, 7) is 0. The maximum atomic E-state index is 8.25. The summed E-state index contributed by atoms with van der Waals surface area (Å²) in [5.41, 5.74) is 1.83. The molecular formula is C10H8CuN4O6. The van der Waals surface area contributed by atoms with Crippen LogP contribution in [0.3, 0.4) is 0 Å². The van der Waals surface area contributed by atoms with Crippen molar-refractivity contribution < 1.29 is 27.2 Å². The Kier molecular flexibility index (Phi) is 12.0. The number of pyridine rings is 2. The van der Waals surface area contributed by atoms with Gasteiger partial charge in [0.15, 0.2) is 0 Å². The molecule has 115 valence electrons. The van der Waals surface area contributed by atoms with Gasteiger partial charge in [-0.3, -0.25) is 9.97 Å². The van der Waals surface area contributed by atoms with Crippen molar-refractivity contribution in [1.82, 2.24) is 9.97 Å². The second kappa shape index (κ2) is 12.3. The number of aromatic nitrogens is 2. The third-order valence-electron chi connectivity index (χ3n) is 1.59. The van der Waals surface area contributed by atoms with E-state index in [0.717, 1.165) is 11.4 Å². The van der Waals surface area contributed by atoms with Gasteiger partial charge in [-0.25, -0.2) is 0 Å². The van der Waals surface area contributed by atoms with E-state index in [1.165, 1.54) is 0 Å². The van der Waals surface area contributed by atoms with Gasteiger partial charge in [0.2, 0.25) is 0 Å². The zero-order chi connectivity index (χ0) is 15.4. The summed E-state index contributed by atoms with van der Waals surface area (Å²) in [5, 5.41) is 29.5. The average molecular weight is 344 g/mol. The van der Waals surface area contributed by atoms with E-state index >= 15 is 0 Å². The molecule has 0 unspecified atom stereocenters. The van der Waals surface area contributed by atoms with E-state index < -0.39 is 10.2 Å². The Morgan fingerprint density at radius 1 is 0.714 bits per heavy atom. The molecular weight excluding hydrogens is 336 g/mol. The molecule has 1 radical (unpaired) electrons. The van der Waals surface area contributed by atoms with Crippen LogP contribution in [0.25, 0.3) is 11.4 Å². The largest absolute Gasteiger partial charge is 2.00 e. The first-order valence-electron chi connectivity index (χ1n) is 4.89. The van der Waals surface area contributed by atoms with E-state index in [0.29, 0.717) is 0 Å². The molecule has 0 fully saturated rings. The molecule has 2 aromatic rings. The van der Waals surface area contributed by atoms with Gasteiger partial charge in [-0.1, -0.05) is 12.1 Å². The van der Waals surface area contributed by atoms with Gasteiger partial charge >= 0.3 is 17.1 Å². The molecule has 11 heteroatoms. The summed E-state index contributed by atoms with van der Waals surface area (Å²) in [7, 11) is 0. The van der Waals surface area contributed by atoms with Gasteiger partial charge in [0.1, 0.15) is 0 Å². The Morgan fingerprint density at radius 3 is 1.19 bits per heavy atom. The van der Waals surface area contributed by atoms with Gasteiger partial charge in [-0.15, -0.1) is 0 Å². The predicted octanol–water partition coefficient (Wildman–Crippen LogP) is 1.66. The zero-order valence-corrected chi connectivity index (χ0v) is 11.1. The summed E-state index contributed by atoms with van der Waals surface area (Å²) in [6.07, 6.45) is 3.54. The van der Waals surface area contributed by atoms with Crippen molar-refractivity contribution in [1.29, 1.82) is 0 Å². The minimum absolute atomic E-state index is 0. The van der Waals surface area contributed by atoms with Crippen molar-refractivity contribution in [2.75, 3.05) is 0 Å². The van der Waals surface area contributed by atoms with Crippen LogP contribution in [0.4, 0.5) is 0 Å². The van der Waals surface area contributed by atoms with Gasteiger partial charge < -0.3 is 30.6 Å². The standard InChI is InChI=1S/C10H8N2.Cu.2NO3/c1-3-7-11-9(5-1)10-6-2-4-8-12-10;;2*2-1(3)4/h1-8H;;;/q;+2;2*-1. The number of nitrogens with zero attached hydrogens (tertiary/aromatic N) is 4. The fourth-order valence-electron chi connectivity index (χ4n) is 1.03. The molecule has 2 aromatic heterocycles. The Labute approximate surface area is 128 Å². The van der Waals surface area contributed by atoms with Crippen molar-refractivity contribution in [3.8, 4) is 11.4 Å². The van der Waals surface area contributed by atoms with E-state index in [4.69, 9.17) is 30.6 Å². The first-order valence-corrected chi connectivity index (χ1v) is 4.89. The van der Waals surface area contributed by atoms with E-state index in [2.05, 4.69) is 9.97 Å². The maximum Gasteiger partial charge on any atom is 2.00 e. The number of hydrogen-bond donors (Lipinski definition) is 0. The van der Waals surface area contributed by atoms with Gasteiger partial charge in [0.05, 0.1) is 21.6 Å². The second-order valence-electron chi connectivity index (χ2n) is 2.88. The van der Waals surface area contributed by atoms with E-state index in [1.807, 2.05) is 36.4 Å². The van der Waals surface area contributed by atoms with Gasteiger partial charge in [0.25, 0.3) is 0 Å². The molecule has 0 bridgehead atoms. The molecule has 0 N–H and O–H groups in total. The van der Waals surface area contributed by atoms with Crippen molar-refractivity contribution in [3.63, 3.8) is 0 Å². The number of rotatable bonds is 1. The Hall–Kier alpha value is -2.78. The topological polar surface area (TPSA) is 158 Å². The van der Waals surface area contributed by atoms with E-state index in [-0.39, 0.29) is 17.1 Å². The van der Waals surface area contributed by atoms with Gasteiger partial charge in [0, 0.05) is 12.4 Å². The van der Waals surface area contributed by atoms with Crippen LogP contribution in [0.15, 0.2) is 48.8 Å². The summed E-state index contributed by atoms with van der Waals surface area (Å²) < 4.78 is 0. The van der Waals surface area contributed by atoms with Crippen LogP contribution < -0.4 is 0 Å². The molecule has 2 heterocycles. The molecule has 0 aromatic carbocycles. The van der Waals surface area contributed by atoms with Crippen molar-refractivity contribution in [2.45, 2.75) is 0 Å². The van der Waals surface area contributed by atoms with Crippen molar-refractivity contribution >= 4 is 0 Å². The van der Waals surface area contributed by atoms with Crippen LogP contribution in [0, 0.1) is 30.6 Å². The van der Waals surface area contributed by atoms with Crippen LogP contribution in [0.5, 0.6) is 0 Å². The molecule has 21 heavy (non-hydrogen) atoms. The van der Waals surface area contributed by atoms with Crippen LogP contribution in [0.1, 0.15) is 0 Å². The molecule has 0 aliphatic carbocycles. The minimum atomic E-state index is -1.75. The Bertz CT molecular complexity index is 470. The van der Waals surface area contributed by atoms with Crippen LogP contribution in [-0.2, 0) is 17.1 Å². The first kappa shape index (κ1) is 20.5. The summed E-state index contributed by atoms with van der Waals surface area (Å²) in [5.74, 6) is 0. The fourth-order valence-corrected chi connectivity index (χ4v) is 1.03. The molecule has 10 nitrogen and oxygen atoms in total. The van der Waals surface area contributed by atoms with Crippen LogP contribution >= 0.6 is 0 Å².